The second-order valence-electron chi connectivity index (χ2n) is 4.53. The van der Waals surface area contributed by atoms with Crippen LogP contribution in [0.4, 0.5) is 19.1 Å². The zero-order chi connectivity index (χ0) is 17.0. The summed E-state index contributed by atoms with van der Waals surface area (Å²) in [7, 11) is 0. The van der Waals surface area contributed by atoms with Gasteiger partial charge in [-0.3, -0.25) is 20.0 Å². The molecule has 0 radical (unpaired) electrons. The van der Waals surface area contributed by atoms with Crippen LogP contribution in [0, 0.1) is 0 Å². The van der Waals surface area contributed by atoms with Gasteiger partial charge >= 0.3 is 6.18 Å². The van der Waals surface area contributed by atoms with Crippen LogP contribution >= 0.6 is 11.3 Å². The number of carbonyl (C=O) groups excluding carboxylic acids is 2. The fourth-order valence-electron chi connectivity index (χ4n) is 1.76. The van der Waals surface area contributed by atoms with Gasteiger partial charge in [0.2, 0.25) is 23.6 Å². The van der Waals surface area contributed by atoms with Gasteiger partial charge in [0.15, 0.2) is 0 Å². The lowest BCUT2D eigenvalue weighted by Crippen LogP contribution is -2.29. The van der Waals surface area contributed by atoms with E-state index >= 15 is 0 Å². The zero-order valence-corrected chi connectivity index (χ0v) is 12.6. The van der Waals surface area contributed by atoms with Crippen LogP contribution in [0.2, 0.25) is 0 Å². The van der Waals surface area contributed by atoms with E-state index in [4.69, 9.17) is 0 Å². The number of rotatable bonds is 5. The topological polar surface area (TPSA) is 99.8 Å². The number of H-pyrrole nitrogens is 1. The summed E-state index contributed by atoms with van der Waals surface area (Å²) in [5, 5.41) is 11.5. The van der Waals surface area contributed by atoms with Gasteiger partial charge in [-0.15, -0.1) is 16.4 Å². The molecule has 0 aliphatic carbocycles. The van der Waals surface area contributed by atoms with Crippen molar-refractivity contribution in [1.82, 2.24) is 20.5 Å². The molecule has 2 amide bonds. The van der Waals surface area contributed by atoms with Gasteiger partial charge in [-0.05, 0) is 11.4 Å². The molecule has 0 bridgehead atoms. The number of carbonyl (C=O) groups is 2. The maximum absolute atomic E-state index is 12.4. The second-order valence-corrected chi connectivity index (χ2v) is 5.51. The number of aromatic amines is 1. The van der Waals surface area contributed by atoms with Crippen LogP contribution in [0.25, 0.3) is 0 Å². The lowest BCUT2D eigenvalue weighted by molar-refractivity contribution is -0.144. The molecule has 3 N–H and O–H groups in total. The van der Waals surface area contributed by atoms with Crippen molar-refractivity contribution in [2.45, 2.75) is 25.6 Å². The molecule has 1 atom stereocenters. The molecule has 0 aromatic carbocycles. The van der Waals surface area contributed by atoms with Crippen molar-refractivity contribution in [1.29, 1.82) is 0 Å². The molecule has 7 nitrogen and oxygen atoms in total. The van der Waals surface area contributed by atoms with E-state index in [2.05, 4.69) is 20.7 Å². The van der Waals surface area contributed by atoms with Gasteiger partial charge in [0.05, 0.1) is 12.5 Å². The summed E-state index contributed by atoms with van der Waals surface area (Å²) in [5.41, 5.74) is 0. The first-order chi connectivity index (χ1) is 10.8. The number of aromatic nitrogens is 3. The Morgan fingerprint density at radius 3 is 2.70 bits per heavy atom. The minimum Gasteiger partial charge on any atom is -0.348 e. The summed E-state index contributed by atoms with van der Waals surface area (Å²) in [6.45, 7) is 1.31. The molecule has 11 heteroatoms. The van der Waals surface area contributed by atoms with E-state index in [1.165, 1.54) is 18.3 Å². The van der Waals surface area contributed by atoms with Crippen molar-refractivity contribution in [3.05, 3.63) is 28.2 Å². The zero-order valence-electron chi connectivity index (χ0n) is 11.8. The Hall–Kier alpha value is -2.43. The summed E-state index contributed by atoms with van der Waals surface area (Å²) < 4.78 is 37.2. The van der Waals surface area contributed by atoms with E-state index in [9.17, 15) is 22.8 Å². The molecule has 23 heavy (non-hydrogen) atoms. The monoisotopic (exact) mass is 347 g/mol. The molecule has 0 aliphatic rings. The third-order valence-electron chi connectivity index (χ3n) is 2.66. The highest BCUT2D eigenvalue weighted by atomic mass is 32.1. The number of hydrogen-bond acceptors (Lipinski definition) is 5. The second kappa shape index (κ2) is 6.77. The van der Waals surface area contributed by atoms with Crippen molar-refractivity contribution in [2.75, 3.05) is 5.32 Å². The average Bonchev–Trinajstić information content (AvgIpc) is 3.07. The van der Waals surface area contributed by atoms with Gasteiger partial charge in [0, 0.05) is 11.8 Å². The molecular formula is C12H12F3N5O2S. The predicted octanol–water partition coefficient (Wildman–Crippen LogP) is 2.09. The smallest absolute Gasteiger partial charge is 0.348 e. The summed E-state index contributed by atoms with van der Waals surface area (Å²) in [4.78, 5) is 27.0. The quantitative estimate of drug-likeness (QED) is 0.771. The number of halogens is 3. The molecule has 0 spiro atoms. The van der Waals surface area contributed by atoms with Crippen LogP contribution in [0.5, 0.6) is 0 Å². The van der Waals surface area contributed by atoms with Gasteiger partial charge < -0.3 is 5.32 Å². The van der Waals surface area contributed by atoms with Crippen LogP contribution in [0.15, 0.2) is 17.5 Å². The van der Waals surface area contributed by atoms with E-state index in [0.717, 1.165) is 4.88 Å². The predicted molar refractivity (Wildman–Crippen MR) is 75.5 cm³/mol. The van der Waals surface area contributed by atoms with Crippen LogP contribution in [-0.4, -0.2) is 27.0 Å². The highest BCUT2D eigenvalue weighted by molar-refractivity contribution is 7.10. The fraction of sp³-hybridized carbons (Fsp3) is 0.333. The van der Waals surface area contributed by atoms with Crippen molar-refractivity contribution < 1.29 is 22.8 Å². The molecule has 0 fully saturated rings. The Morgan fingerprint density at radius 1 is 1.43 bits per heavy atom. The molecule has 2 rings (SSSR count). The van der Waals surface area contributed by atoms with Gasteiger partial charge in [-0.25, -0.2) is 0 Å². The number of amides is 2. The van der Waals surface area contributed by atoms with Crippen molar-refractivity contribution in [3.63, 3.8) is 0 Å². The highest BCUT2D eigenvalue weighted by Gasteiger charge is 2.35. The normalized spacial score (nSPS) is 12.7. The molecule has 2 heterocycles. The minimum atomic E-state index is -4.67. The Kier molecular flexibility index (Phi) is 4.98. The third-order valence-corrected chi connectivity index (χ3v) is 3.64. The molecular weight excluding hydrogens is 335 g/mol. The Morgan fingerprint density at radius 2 is 2.17 bits per heavy atom. The summed E-state index contributed by atoms with van der Waals surface area (Å²) >= 11 is 1.35. The minimum absolute atomic E-state index is 0.157. The first-order valence-corrected chi connectivity index (χ1v) is 7.23. The number of thiophene rings is 1. The van der Waals surface area contributed by atoms with Gasteiger partial charge in [-0.1, -0.05) is 6.07 Å². The van der Waals surface area contributed by atoms with Crippen molar-refractivity contribution in [3.8, 4) is 0 Å². The Balaban J connectivity index is 2.02. The van der Waals surface area contributed by atoms with Crippen LogP contribution < -0.4 is 10.6 Å². The molecule has 2 aromatic rings. The van der Waals surface area contributed by atoms with Gasteiger partial charge in [-0.2, -0.15) is 18.2 Å². The van der Waals surface area contributed by atoms with E-state index in [1.54, 1.807) is 22.6 Å². The van der Waals surface area contributed by atoms with Crippen molar-refractivity contribution >= 4 is 29.1 Å². The molecule has 2 aromatic heterocycles. The number of alkyl halides is 3. The standard InChI is InChI=1S/C12H12F3N5O2S/c1-6(21)16-7(8-3-2-4-23-8)5-9(22)17-11-18-10(19-20-11)12(13,14)15/h2-4,7H,5H2,1H3,(H,16,21)(H2,17,18,19,20,22)/t7-/m1/s1. The lowest BCUT2D eigenvalue weighted by Gasteiger charge is -2.15. The van der Waals surface area contributed by atoms with Crippen LogP contribution in [0.1, 0.15) is 30.1 Å². The summed E-state index contributed by atoms with van der Waals surface area (Å²) in [5.74, 6) is -2.72. The number of nitrogens with zero attached hydrogens (tertiary/aromatic N) is 2. The largest absolute Gasteiger partial charge is 0.451 e. The molecule has 0 unspecified atom stereocenters. The van der Waals surface area contributed by atoms with E-state index in [1.807, 2.05) is 0 Å². The maximum atomic E-state index is 12.4. The summed E-state index contributed by atoms with van der Waals surface area (Å²) in [6, 6.07) is 2.93. The van der Waals surface area contributed by atoms with Gasteiger partial charge in [0.25, 0.3) is 0 Å². The lowest BCUT2D eigenvalue weighted by atomic mass is 10.1. The SMILES string of the molecule is CC(=O)N[C@H](CC(=O)Nc1n[nH]c(C(F)(F)F)n1)c1cccs1. The van der Waals surface area contributed by atoms with Gasteiger partial charge in [0.1, 0.15) is 0 Å². The maximum Gasteiger partial charge on any atom is 0.451 e. The molecule has 124 valence electrons. The summed E-state index contributed by atoms with van der Waals surface area (Å²) in [6.07, 6.45) is -4.83. The number of anilines is 1. The first kappa shape index (κ1) is 16.9. The molecule has 0 aliphatic heterocycles. The average molecular weight is 347 g/mol. The van der Waals surface area contributed by atoms with E-state index < -0.39 is 29.9 Å². The Labute approximate surface area is 132 Å². The fourth-order valence-corrected chi connectivity index (χ4v) is 2.54. The van der Waals surface area contributed by atoms with E-state index in [0.29, 0.717) is 0 Å². The molecule has 0 saturated carbocycles. The highest BCUT2D eigenvalue weighted by Crippen LogP contribution is 2.26. The van der Waals surface area contributed by atoms with Crippen LogP contribution in [0.3, 0.4) is 0 Å². The number of nitrogens with one attached hydrogen (secondary N) is 3. The van der Waals surface area contributed by atoms with Crippen LogP contribution in [-0.2, 0) is 15.8 Å². The van der Waals surface area contributed by atoms with E-state index in [-0.39, 0.29) is 12.3 Å². The number of hydrogen-bond donors (Lipinski definition) is 3. The third kappa shape index (κ3) is 4.77. The Bertz CT molecular complexity index is 683. The first-order valence-electron chi connectivity index (χ1n) is 6.35. The molecule has 0 saturated heterocycles. The van der Waals surface area contributed by atoms with Crippen molar-refractivity contribution in [2.24, 2.45) is 0 Å².